The summed E-state index contributed by atoms with van der Waals surface area (Å²) >= 11 is 0. The molecular weight excluding hydrogens is 402 g/mol. The second-order valence-corrected chi connectivity index (χ2v) is 10.0. The first-order valence-corrected chi connectivity index (χ1v) is 11.6. The van der Waals surface area contributed by atoms with E-state index < -0.39 is 5.92 Å². The molecule has 0 radical (unpaired) electrons. The molecule has 4 rings (SSSR count). The summed E-state index contributed by atoms with van der Waals surface area (Å²) in [7, 11) is 0. The number of nitrogens with zero attached hydrogens (tertiary/aromatic N) is 2. The van der Waals surface area contributed by atoms with Crippen molar-refractivity contribution in [2.45, 2.75) is 76.7 Å². The molecular formula is C24H36F2N2O3. The second-order valence-electron chi connectivity index (χ2n) is 10.0. The Morgan fingerprint density at radius 2 is 1.90 bits per heavy atom. The topological polar surface area (TPSA) is 62.5 Å². The lowest BCUT2D eigenvalue weighted by atomic mass is 9.76. The van der Waals surface area contributed by atoms with Crippen LogP contribution in [0.25, 0.3) is 0 Å². The van der Waals surface area contributed by atoms with Gasteiger partial charge >= 0.3 is 0 Å². The molecule has 2 bridgehead atoms. The minimum atomic E-state index is -2.45. The predicted molar refractivity (Wildman–Crippen MR) is 117 cm³/mol. The summed E-state index contributed by atoms with van der Waals surface area (Å²) < 4.78 is 29.1. The summed E-state index contributed by atoms with van der Waals surface area (Å²) in [5.41, 5.74) is 1.33. The Balaban J connectivity index is 0.000000858. The average molecular weight is 439 g/mol. The van der Waals surface area contributed by atoms with E-state index in [1.165, 1.54) is 5.69 Å². The smallest absolute Gasteiger partial charge is 0.290 e. The van der Waals surface area contributed by atoms with E-state index in [9.17, 15) is 13.6 Å². The maximum Gasteiger partial charge on any atom is 0.290 e. The Bertz CT molecular complexity index is 785. The molecule has 3 aliphatic rings. The number of piperidine rings is 1. The Hall–Kier alpha value is -1.76. The number of alkyl halides is 2. The van der Waals surface area contributed by atoms with Crippen LogP contribution in [0.5, 0.6) is 0 Å². The highest BCUT2D eigenvalue weighted by Gasteiger charge is 2.41. The number of halogens is 2. The Labute approximate surface area is 183 Å². The van der Waals surface area contributed by atoms with Crippen LogP contribution >= 0.6 is 0 Å². The molecule has 3 heterocycles. The number of pyridine rings is 1. The molecule has 1 N–H and O–H groups in total. The first-order valence-electron chi connectivity index (χ1n) is 11.6. The van der Waals surface area contributed by atoms with Gasteiger partial charge in [0, 0.05) is 56.2 Å². The Morgan fingerprint density at radius 1 is 1.23 bits per heavy atom. The van der Waals surface area contributed by atoms with E-state index in [4.69, 9.17) is 9.90 Å². The van der Waals surface area contributed by atoms with Crippen molar-refractivity contribution in [1.82, 2.24) is 9.47 Å². The maximum atomic E-state index is 13.5. The monoisotopic (exact) mass is 438 g/mol. The SMILES string of the molecule is CC(C)CC[C@H]1[C@H]2C[C@H](CN(CC3CCC(F)(F)CC3)C2)c2cccc(=O)n21.O=CO. The Kier molecular flexibility index (Phi) is 7.89. The van der Waals surface area contributed by atoms with E-state index in [-0.39, 0.29) is 30.9 Å². The lowest BCUT2D eigenvalue weighted by Crippen LogP contribution is -2.50. The molecule has 174 valence electrons. The normalized spacial score (nSPS) is 27.8. The zero-order valence-corrected chi connectivity index (χ0v) is 18.7. The minimum absolute atomic E-state index is 0.0492. The van der Waals surface area contributed by atoms with Crippen molar-refractivity contribution in [2.75, 3.05) is 19.6 Å². The molecule has 0 aromatic carbocycles. The number of likely N-dealkylation sites (tertiary alicyclic amines) is 1. The summed E-state index contributed by atoms with van der Waals surface area (Å²) in [6.45, 7) is 7.15. The molecule has 1 aliphatic carbocycles. The number of fused-ring (bicyclic) bond motifs is 4. The molecule has 0 amide bonds. The van der Waals surface area contributed by atoms with Crippen LogP contribution in [0.2, 0.25) is 0 Å². The molecule has 1 aromatic heterocycles. The van der Waals surface area contributed by atoms with Gasteiger partial charge in [-0.25, -0.2) is 8.78 Å². The third-order valence-electron chi connectivity index (χ3n) is 7.27. The first kappa shape index (κ1) is 23.9. The van der Waals surface area contributed by atoms with E-state index in [0.29, 0.717) is 36.5 Å². The van der Waals surface area contributed by atoms with Crippen LogP contribution in [0, 0.1) is 17.8 Å². The Morgan fingerprint density at radius 3 is 2.55 bits per heavy atom. The van der Waals surface area contributed by atoms with Gasteiger partial charge in [-0.1, -0.05) is 19.9 Å². The molecule has 1 saturated carbocycles. The fourth-order valence-corrected chi connectivity index (χ4v) is 5.81. The largest absolute Gasteiger partial charge is 0.483 e. The summed E-state index contributed by atoms with van der Waals surface area (Å²) in [6.07, 6.45) is 4.73. The number of carboxylic acid groups (broad SMARTS) is 1. The lowest BCUT2D eigenvalue weighted by molar-refractivity contribution is -0.122. The molecule has 7 heteroatoms. The summed E-state index contributed by atoms with van der Waals surface area (Å²) in [6, 6.07) is 6.01. The van der Waals surface area contributed by atoms with Crippen molar-refractivity contribution in [3.8, 4) is 0 Å². The zero-order chi connectivity index (χ0) is 22.6. The van der Waals surface area contributed by atoms with Crippen LogP contribution in [-0.2, 0) is 4.79 Å². The van der Waals surface area contributed by atoms with Crippen molar-refractivity contribution in [1.29, 1.82) is 0 Å². The van der Waals surface area contributed by atoms with Crippen molar-refractivity contribution in [3.63, 3.8) is 0 Å². The van der Waals surface area contributed by atoms with Crippen LogP contribution in [0.1, 0.15) is 76.4 Å². The van der Waals surface area contributed by atoms with Crippen molar-refractivity contribution in [3.05, 3.63) is 34.2 Å². The minimum Gasteiger partial charge on any atom is -0.483 e. The molecule has 0 spiro atoms. The molecule has 5 nitrogen and oxygen atoms in total. The van der Waals surface area contributed by atoms with Crippen molar-refractivity contribution in [2.24, 2.45) is 17.8 Å². The van der Waals surface area contributed by atoms with Gasteiger partial charge in [0.2, 0.25) is 5.92 Å². The van der Waals surface area contributed by atoms with Crippen molar-refractivity contribution >= 4 is 6.47 Å². The van der Waals surface area contributed by atoms with Gasteiger partial charge in [-0.15, -0.1) is 0 Å². The van der Waals surface area contributed by atoms with Gasteiger partial charge in [0.25, 0.3) is 12.0 Å². The van der Waals surface area contributed by atoms with E-state index in [1.54, 1.807) is 6.07 Å². The first-order chi connectivity index (χ1) is 14.7. The number of carbonyl (C=O) groups is 1. The summed E-state index contributed by atoms with van der Waals surface area (Å²) in [5.74, 6) is -0.533. The molecule has 2 aliphatic heterocycles. The number of hydrogen-bond donors (Lipinski definition) is 1. The van der Waals surface area contributed by atoms with E-state index in [1.807, 2.05) is 6.07 Å². The molecule has 3 atom stereocenters. The predicted octanol–water partition coefficient (Wildman–Crippen LogP) is 4.77. The van der Waals surface area contributed by atoms with Crippen LogP contribution in [0.15, 0.2) is 23.0 Å². The van der Waals surface area contributed by atoms with Crippen LogP contribution in [0.3, 0.4) is 0 Å². The number of hydrogen-bond acceptors (Lipinski definition) is 3. The van der Waals surface area contributed by atoms with Crippen LogP contribution < -0.4 is 5.56 Å². The van der Waals surface area contributed by atoms with Crippen LogP contribution in [-0.4, -0.2) is 46.6 Å². The van der Waals surface area contributed by atoms with Gasteiger partial charge < -0.3 is 14.6 Å². The summed E-state index contributed by atoms with van der Waals surface area (Å²) in [4.78, 5) is 23.6. The fourth-order valence-electron chi connectivity index (χ4n) is 5.81. The molecule has 31 heavy (non-hydrogen) atoms. The number of rotatable bonds is 5. The molecule has 1 saturated heterocycles. The van der Waals surface area contributed by atoms with Gasteiger partial charge in [0.1, 0.15) is 0 Å². The third-order valence-corrected chi connectivity index (χ3v) is 7.27. The van der Waals surface area contributed by atoms with E-state index >= 15 is 0 Å². The van der Waals surface area contributed by atoms with Gasteiger partial charge in [0.15, 0.2) is 0 Å². The summed E-state index contributed by atoms with van der Waals surface area (Å²) in [5, 5.41) is 6.89. The molecule has 2 fully saturated rings. The number of aromatic nitrogens is 1. The van der Waals surface area contributed by atoms with E-state index in [2.05, 4.69) is 29.4 Å². The van der Waals surface area contributed by atoms with Gasteiger partial charge in [-0.3, -0.25) is 9.59 Å². The lowest BCUT2D eigenvalue weighted by Gasteiger charge is -2.48. The highest BCUT2D eigenvalue weighted by atomic mass is 19.3. The van der Waals surface area contributed by atoms with Gasteiger partial charge in [-0.2, -0.15) is 0 Å². The molecule has 0 unspecified atom stereocenters. The van der Waals surface area contributed by atoms with Gasteiger partial charge in [0.05, 0.1) is 0 Å². The highest BCUT2D eigenvalue weighted by molar-refractivity contribution is 5.32. The molecule has 1 aromatic rings. The second kappa shape index (κ2) is 10.2. The van der Waals surface area contributed by atoms with Crippen molar-refractivity contribution < 1.29 is 18.7 Å². The van der Waals surface area contributed by atoms with Gasteiger partial charge in [-0.05, 0) is 55.9 Å². The van der Waals surface area contributed by atoms with E-state index in [0.717, 1.165) is 38.9 Å². The maximum absolute atomic E-state index is 13.5. The standard InChI is InChI=1S/C23H34F2N2O.CH2O2/c1-16(2)6-7-21-19-12-18(20-4-3-5-22(28)27(20)21)14-26(15-19)13-17-8-10-23(24,25)11-9-17;2-1-3/h3-5,16-19,21H,6-15H2,1-2H3;1H,(H,2,3)/t18-,19+,21+;/m1./s1. The highest BCUT2D eigenvalue weighted by Crippen LogP contribution is 2.44. The quantitative estimate of drug-likeness (QED) is 0.673. The fraction of sp³-hybridized carbons (Fsp3) is 0.750. The average Bonchev–Trinajstić information content (AvgIpc) is 2.70. The zero-order valence-electron chi connectivity index (χ0n) is 18.7. The van der Waals surface area contributed by atoms with Crippen LogP contribution in [0.4, 0.5) is 8.78 Å². The third kappa shape index (κ3) is 5.93.